The molecule has 1 unspecified atom stereocenters. The van der Waals surface area contributed by atoms with Crippen LogP contribution in [0.15, 0.2) is 42.6 Å². The van der Waals surface area contributed by atoms with Gasteiger partial charge in [0.15, 0.2) is 11.5 Å². The highest BCUT2D eigenvalue weighted by Crippen LogP contribution is 2.35. The number of pyridine rings is 2. The number of benzene rings is 1. The highest BCUT2D eigenvalue weighted by molar-refractivity contribution is 5.90. The first kappa shape index (κ1) is 25.5. The van der Waals surface area contributed by atoms with Crippen molar-refractivity contribution in [1.29, 1.82) is 0 Å². The Morgan fingerprint density at radius 3 is 2.82 bits per heavy atom. The van der Waals surface area contributed by atoms with E-state index >= 15 is 0 Å². The SMILES string of the molecule is COc1ccc2nccc(CCCN(CCC(=O)O)CC3CN(c4ccc5c(c4)OCCO5)C(=O)O3)c2n1. The molecule has 0 radical (unpaired) electrons. The van der Waals surface area contributed by atoms with Crippen molar-refractivity contribution in [3.8, 4) is 17.4 Å². The molecule has 38 heavy (non-hydrogen) atoms. The second-order valence-electron chi connectivity index (χ2n) is 9.18. The fourth-order valence-corrected chi connectivity index (χ4v) is 4.73. The summed E-state index contributed by atoms with van der Waals surface area (Å²) in [5.41, 5.74) is 3.31. The molecular formula is C27H30N4O7. The fourth-order valence-electron chi connectivity index (χ4n) is 4.73. The largest absolute Gasteiger partial charge is 0.486 e. The first-order valence-electron chi connectivity index (χ1n) is 12.6. The molecule has 0 aliphatic carbocycles. The van der Waals surface area contributed by atoms with Crippen LogP contribution < -0.4 is 19.1 Å². The van der Waals surface area contributed by atoms with Gasteiger partial charge in [-0.05, 0) is 49.2 Å². The lowest BCUT2D eigenvalue weighted by molar-refractivity contribution is -0.137. The minimum Gasteiger partial charge on any atom is -0.486 e. The number of aryl methyl sites for hydroxylation is 1. The molecule has 0 bridgehead atoms. The Labute approximate surface area is 219 Å². The summed E-state index contributed by atoms with van der Waals surface area (Å²) in [7, 11) is 1.58. The maximum atomic E-state index is 12.7. The van der Waals surface area contributed by atoms with Crippen molar-refractivity contribution in [2.24, 2.45) is 0 Å². The Morgan fingerprint density at radius 2 is 2.00 bits per heavy atom. The second kappa shape index (κ2) is 11.5. The van der Waals surface area contributed by atoms with Crippen molar-refractivity contribution < 1.29 is 33.6 Å². The monoisotopic (exact) mass is 522 g/mol. The van der Waals surface area contributed by atoms with Crippen LogP contribution in [0.2, 0.25) is 0 Å². The summed E-state index contributed by atoms with van der Waals surface area (Å²) >= 11 is 0. The molecule has 2 aliphatic heterocycles. The van der Waals surface area contributed by atoms with Crippen LogP contribution in [0, 0.1) is 0 Å². The standard InChI is InChI=1S/C27H30N4O7/c1-35-24-7-5-21-26(29-24)18(8-10-28-21)3-2-11-30(12-9-25(32)33)16-20-17-31(27(34)38-20)19-4-6-22-23(15-19)37-14-13-36-22/h4-8,10,15,20H,2-3,9,11-14,16-17H2,1H3,(H,32,33). The van der Waals surface area contributed by atoms with Crippen molar-refractivity contribution in [1.82, 2.24) is 14.9 Å². The molecule has 1 N–H and O–H groups in total. The molecule has 200 valence electrons. The highest BCUT2D eigenvalue weighted by atomic mass is 16.6. The van der Waals surface area contributed by atoms with Crippen molar-refractivity contribution in [2.75, 3.05) is 51.4 Å². The van der Waals surface area contributed by atoms with Gasteiger partial charge in [-0.15, -0.1) is 0 Å². The van der Waals surface area contributed by atoms with Gasteiger partial charge in [-0.3, -0.25) is 19.6 Å². The summed E-state index contributed by atoms with van der Waals surface area (Å²) in [6.45, 7) is 2.75. The van der Waals surface area contributed by atoms with Gasteiger partial charge < -0.3 is 24.1 Å². The first-order valence-corrected chi connectivity index (χ1v) is 12.6. The second-order valence-corrected chi connectivity index (χ2v) is 9.18. The topological polar surface area (TPSA) is 124 Å². The number of ether oxygens (including phenoxy) is 4. The number of aliphatic carboxylic acids is 1. The van der Waals surface area contributed by atoms with Gasteiger partial charge in [-0.1, -0.05) is 0 Å². The summed E-state index contributed by atoms with van der Waals surface area (Å²) in [6.07, 6.45) is 2.44. The third kappa shape index (κ3) is 5.88. The number of nitrogens with zero attached hydrogens (tertiary/aromatic N) is 4. The molecule has 1 atom stereocenters. The van der Waals surface area contributed by atoms with Crippen LogP contribution in [-0.4, -0.2) is 84.6 Å². The Kier molecular flexibility index (Phi) is 7.73. The minimum absolute atomic E-state index is 0.00346. The maximum absolute atomic E-state index is 12.7. The lowest BCUT2D eigenvalue weighted by Crippen LogP contribution is -2.37. The zero-order chi connectivity index (χ0) is 26.5. The van der Waals surface area contributed by atoms with Crippen molar-refractivity contribution in [3.63, 3.8) is 0 Å². The van der Waals surface area contributed by atoms with E-state index < -0.39 is 18.2 Å². The van der Waals surface area contributed by atoms with E-state index in [-0.39, 0.29) is 6.42 Å². The van der Waals surface area contributed by atoms with Crippen LogP contribution in [0.25, 0.3) is 11.0 Å². The third-order valence-corrected chi connectivity index (χ3v) is 6.59. The number of carbonyl (C=O) groups excluding carboxylic acids is 1. The maximum Gasteiger partial charge on any atom is 0.414 e. The number of cyclic esters (lactones) is 1. The van der Waals surface area contributed by atoms with Gasteiger partial charge in [0, 0.05) is 31.4 Å². The number of anilines is 1. The van der Waals surface area contributed by atoms with Gasteiger partial charge in [0.1, 0.15) is 19.3 Å². The average Bonchev–Trinajstić information content (AvgIpc) is 3.30. The Hall–Kier alpha value is -4.12. The predicted octanol–water partition coefficient (Wildman–Crippen LogP) is 3.14. The molecule has 1 amide bonds. The third-order valence-electron chi connectivity index (χ3n) is 6.59. The molecule has 3 aromatic rings. The number of carboxylic acid groups (broad SMARTS) is 1. The lowest BCUT2D eigenvalue weighted by Gasteiger charge is -2.24. The zero-order valence-electron chi connectivity index (χ0n) is 21.2. The first-order chi connectivity index (χ1) is 18.5. The number of aromatic nitrogens is 2. The van der Waals surface area contributed by atoms with Gasteiger partial charge in [0.25, 0.3) is 0 Å². The number of methoxy groups -OCH3 is 1. The van der Waals surface area contributed by atoms with E-state index in [9.17, 15) is 14.7 Å². The Balaban J connectivity index is 1.22. The fraction of sp³-hybridized carbons (Fsp3) is 0.407. The Morgan fingerprint density at radius 1 is 1.16 bits per heavy atom. The molecule has 2 aromatic heterocycles. The van der Waals surface area contributed by atoms with Crippen LogP contribution in [0.3, 0.4) is 0 Å². The van der Waals surface area contributed by atoms with E-state index in [1.54, 1.807) is 42.5 Å². The van der Waals surface area contributed by atoms with Crippen molar-refractivity contribution >= 4 is 28.8 Å². The van der Waals surface area contributed by atoms with Crippen LogP contribution in [-0.2, 0) is 16.0 Å². The minimum atomic E-state index is -0.868. The summed E-state index contributed by atoms with van der Waals surface area (Å²) in [6, 6.07) is 11.0. The smallest absolute Gasteiger partial charge is 0.414 e. The summed E-state index contributed by atoms with van der Waals surface area (Å²) in [5.74, 6) is 0.914. The lowest BCUT2D eigenvalue weighted by atomic mass is 10.1. The molecule has 0 saturated carbocycles. The molecule has 11 nitrogen and oxygen atoms in total. The summed E-state index contributed by atoms with van der Waals surface area (Å²) < 4.78 is 22.1. The van der Waals surface area contributed by atoms with Crippen LogP contribution in [0.4, 0.5) is 10.5 Å². The number of carbonyl (C=O) groups is 2. The van der Waals surface area contributed by atoms with E-state index in [0.29, 0.717) is 62.5 Å². The average molecular weight is 523 g/mol. The quantitative estimate of drug-likeness (QED) is 0.402. The number of amides is 1. The number of hydrogen-bond acceptors (Lipinski definition) is 9. The molecule has 1 fully saturated rings. The molecule has 11 heteroatoms. The molecule has 1 aromatic carbocycles. The molecule has 0 spiro atoms. The summed E-state index contributed by atoms with van der Waals surface area (Å²) in [4.78, 5) is 36.5. The highest BCUT2D eigenvalue weighted by Gasteiger charge is 2.34. The molecule has 5 rings (SSSR count). The van der Waals surface area contributed by atoms with E-state index in [1.165, 1.54) is 0 Å². The molecule has 1 saturated heterocycles. The van der Waals surface area contributed by atoms with Crippen molar-refractivity contribution in [3.05, 3.63) is 48.2 Å². The number of carboxylic acids is 1. The van der Waals surface area contributed by atoms with Crippen molar-refractivity contribution in [2.45, 2.75) is 25.4 Å². The van der Waals surface area contributed by atoms with Gasteiger partial charge in [0.2, 0.25) is 5.88 Å². The van der Waals surface area contributed by atoms with E-state index in [1.807, 2.05) is 17.0 Å². The van der Waals surface area contributed by atoms with Crippen LogP contribution in [0.5, 0.6) is 17.4 Å². The van der Waals surface area contributed by atoms with Gasteiger partial charge in [-0.2, -0.15) is 0 Å². The van der Waals surface area contributed by atoms with E-state index in [0.717, 1.165) is 29.4 Å². The molecule has 2 aliphatic rings. The van der Waals surface area contributed by atoms with E-state index in [4.69, 9.17) is 18.9 Å². The van der Waals surface area contributed by atoms with Crippen LogP contribution in [0.1, 0.15) is 18.4 Å². The van der Waals surface area contributed by atoms with Gasteiger partial charge in [-0.25, -0.2) is 9.78 Å². The van der Waals surface area contributed by atoms with Gasteiger partial charge in [0.05, 0.1) is 36.8 Å². The van der Waals surface area contributed by atoms with Gasteiger partial charge >= 0.3 is 12.1 Å². The van der Waals surface area contributed by atoms with E-state index in [2.05, 4.69) is 9.97 Å². The summed E-state index contributed by atoms with van der Waals surface area (Å²) in [5, 5.41) is 9.25. The number of rotatable bonds is 11. The normalized spacial score (nSPS) is 16.6. The molecule has 4 heterocycles. The molecular weight excluding hydrogens is 492 g/mol. The Bertz CT molecular complexity index is 1320. The number of fused-ring (bicyclic) bond motifs is 2. The zero-order valence-corrected chi connectivity index (χ0v) is 21.2. The predicted molar refractivity (Wildman–Crippen MR) is 138 cm³/mol. The van der Waals surface area contributed by atoms with Crippen LogP contribution >= 0.6 is 0 Å². The number of hydrogen-bond donors (Lipinski definition) is 1.